The smallest absolute Gasteiger partial charge is 0.119 e. The van der Waals surface area contributed by atoms with Crippen molar-refractivity contribution in [3.63, 3.8) is 0 Å². The summed E-state index contributed by atoms with van der Waals surface area (Å²) in [5.41, 5.74) is 5.14. The van der Waals surface area contributed by atoms with Crippen molar-refractivity contribution in [1.29, 1.82) is 0 Å². The molecular formula is C28H34N2O2. The third-order valence-corrected chi connectivity index (χ3v) is 5.90. The maximum Gasteiger partial charge on any atom is 0.119 e. The van der Waals surface area contributed by atoms with Gasteiger partial charge in [0.05, 0.1) is 19.8 Å². The molecular weight excluding hydrogens is 396 g/mol. The number of hydrogen-bond donors (Lipinski definition) is 1. The molecule has 1 N–H and O–H groups in total. The summed E-state index contributed by atoms with van der Waals surface area (Å²) in [6, 6.07) is 27.9. The van der Waals surface area contributed by atoms with Crippen LogP contribution >= 0.6 is 0 Å². The van der Waals surface area contributed by atoms with Crippen molar-refractivity contribution in [2.24, 2.45) is 0 Å². The van der Waals surface area contributed by atoms with E-state index in [0.29, 0.717) is 0 Å². The van der Waals surface area contributed by atoms with Gasteiger partial charge in [0, 0.05) is 26.2 Å². The molecule has 0 saturated carbocycles. The highest BCUT2D eigenvalue weighted by Crippen LogP contribution is 2.23. The Hall–Kier alpha value is -2.66. The lowest BCUT2D eigenvalue weighted by Gasteiger charge is -2.26. The van der Waals surface area contributed by atoms with Crippen LogP contribution in [0.3, 0.4) is 0 Å². The van der Waals surface area contributed by atoms with Crippen LogP contribution in [0.1, 0.15) is 17.5 Å². The molecule has 0 spiro atoms. The summed E-state index contributed by atoms with van der Waals surface area (Å²) in [5.74, 6) is 0.942. The summed E-state index contributed by atoms with van der Waals surface area (Å²) >= 11 is 0. The van der Waals surface area contributed by atoms with Crippen molar-refractivity contribution in [3.8, 4) is 16.9 Å². The monoisotopic (exact) mass is 430 g/mol. The van der Waals surface area contributed by atoms with E-state index in [1.165, 1.54) is 22.3 Å². The van der Waals surface area contributed by atoms with Crippen LogP contribution in [0.25, 0.3) is 11.1 Å². The summed E-state index contributed by atoms with van der Waals surface area (Å²) in [7, 11) is 0. The molecule has 0 unspecified atom stereocenters. The minimum Gasteiger partial charge on any atom is -0.494 e. The SMILES string of the molecule is c1ccc(CNCCc2ccc(-c3ccc(OCCCN4CCOCC4)cc3)cc2)cc1. The highest BCUT2D eigenvalue weighted by atomic mass is 16.5. The second-order valence-corrected chi connectivity index (χ2v) is 8.29. The Morgan fingerprint density at radius 2 is 1.47 bits per heavy atom. The van der Waals surface area contributed by atoms with Crippen molar-refractivity contribution >= 4 is 0 Å². The largest absolute Gasteiger partial charge is 0.494 e. The number of rotatable bonds is 11. The first kappa shape index (κ1) is 22.5. The maximum atomic E-state index is 5.93. The van der Waals surface area contributed by atoms with Gasteiger partial charge in [-0.05, 0) is 53.8 Å². The molecule has 0 bridgehead atoms. The second-order valence-electron chi connectivity index (χ2n) is 8.29. The molecule has 1 aliphatic heterocycles. The van der Waals surface area contributed by atoms with E-state index in [0.717, 1.165) is 71.1 Å². The zero-order valence-electron chi connectivity index (χ0n) is 18.8. The van der Waals surface area contributed by atoms with E-state index in [1.54, 1.807) is 0 Å². The zero-order chi connectivity index (χ0) is 21.8. The number of morpholine rings is 1. The summed E-state index contributed by atoms with van der Waals surface area (Å²) in [6.45, 7) is 7.52. The molecule has 1 heterocycles. The second kappa shape index (κ2) is 12.4. The fourth-order valence-electron chi connectivity index (χ4n) is 3.97. The van der Waals surface area contributed by atoms with Gasteiger partial charge in [0.25, 0.3) is 0 Å². The molecule has 0 aliphatic carbocycles. The van der Waals surface area contributed by atoms with Crippen LogP contribution in [-0.2, 0) is 17.7 Å². The van der Waals surface area contributed by atoms with Gasteiger partial charge in [-0.25, -0.2) is 0 Å². The average molecular weight is 431 g/mol. The van der Waals surface area contributed by atoms with E-state index >= 15 is 0 Å². The van der Waals surface area contributed by atoms with E-state index in [4.69, 9.17) is 9.47 Å². The normalized spacial score (nSPS) is 14.4. The molecule has 0 amide bonds. The molecule has 1 fully saturated rings. The van der Waals surface area contributed by atoms with Gasteiger partial charge >= 0.3 is 0 Å². The van der Waals surface area contributed by atoms with Gasteiger partial charge < -0.3 is 14.8 Å². The quantitative estimate of drug-likeness (QED) is 0.444. The van der Waals surface area contributed by atoms with E-state index in [-0.39, 0.29) is 0 Å². The van der Waals surface area contributed by atoms with Crippen molar-refractivity contribution < 1.29 is 9.47 Å². The van der Waals surface area contributed by atoms with Crippen molar-refractivity contribution in [2.45, 2.75) is 19.4 Å². The van der Waals surface area contributed by atoms with Crippen molar-refractivity contribution in [1.82, 2.24) is 10.2 Å². The van der Waals surface area contributed by atoms with Crippen LogP contribution in [0.4, 0.5) is 0 Å². The summed E-state index contributed by atoms with van der Waals surface area (Å²) < 4.78 is 11.3. The molecule has 4 rings (SSSR count). The molecule has 0 radical (unpaired) electrons. The van der Waals surface area contributed by atoms with Crippen LogP contribution in [-0.4, -0.2) is 50.9 Å². The molecule has 0 atom stereocenters. The predicted octanol–water partition coefficient (Wildman–Crippen LogP) is 4.79. The number of hydrogen-bond acceptors (Lipinski definition) is 4. The Morgan fingerprint density at radius 1 is 0.781 bits per heavy atom. The van der Waals surface area contributed by atoms with Crippen LogP contribution in [0.5, 0.6) is 5.75 Å². The average Bonchev–Trinajstić information content (AvgIpc) is 2.87. The number of nitrogens with one attached hydrogen (secondary N) is 1. The molecule has 0 aromatic heterocycles. The Kier molecular flexibility index (Phi) is 8.73. The minimum atomic E-state index is 0.754. The standard InChI is InChI=1S/C28H34N2O2/c1-2-5-25(6-3-1)23-29-16-15-24-7-9-26(10-8-24)27-11-13-28(14-12-27)32-20-4-17-30-18-21-31-22-19-30/h1-3,5-14,29H,4,15-23H2. The van der Waals surface area contributed by atoms with Gasteiger partial charge in [-0.1, -0.05) is 66.7 Å². The molecule has 4 nitrogen and oxygen atoms in total. The summed E-state index contributed by atoms with van der Waals surface area (Å²) in [6.07, 6.45) is 2.08. The van der Waals surface area contributed by atoms with E-state index in [2.05, 4.69) is 89.1 Å². The van der Waals surface area contributed by atoms with Gasteiger partial charge in [-0.15, -0.1) is 0 Å². The third kappa shape index (κ3) is 7.20. The van der Waals surface area contributed by atoms with E-state index in [1.807, 2.05) is 0 Å². The Balaban J connectivity index is 1.17. The first-order chi connectivity index (χ1) is 15.9. The number of benzene rings is 3. The van der Waals surface area contributed by atoms with Gasteiger partial charge in [-0.3, -0.25) is 4.90 Å². The maximum absolute atomic E-state index is 5.93. The predicted molar refractivity (Wildman–Crippen MR) is 131 cm³/mol. The number of nitrogens with zero attached hydrogens (tertiary/aromatic N) is 1. The lowest BCUT2D eigenvalue weighted by Crippen LogP contribution is -2.37. The highest BCUT2D eigenvalue weighted by Gasteiger charge is 2.09. The van der Waals surface area contributed by atoms with Crippen molar-refractivity contribution in [3.05, 3.63) is 90.0 Å². The molecule has 1 aliphatic rings. The van der Waals surface area contributed by atoms with Crippen LogP contribution in [0.15, 0.2) is 78.9 Å². The first-order valence-electron chi connectivity index (χ1n) is 11.7. The molecule has 168 valence electrons. The summed E-state index contributed by atoms with van der Waals surface area (Å²) in [5, 5.41) is 3.52. The Labute approximate surface area is 192 Å². The topological polar surface area (TPSA) is 33.7 Å². The first-order valence-corrected chi connectivity index (χ1v) is 11.7. The zero-order valence-corrected chi connectivity index (χ0v) is 18.8. The van der Waals surface area contributed by atoms with Crippen LogP contribution < -0.4 is 10.1 Å². The minimum absolute atomic E-state index is 0.754. The van der Waals surface area contributed by atoms with Crippen molar-refractivity contribution in [2.75, 3.05) is 46.0 Å². The third-order valence-electron chi connectivity index (χ3n) is 5.90. The van der Waals surface area contributed by atoms with Crippen LogP contribution in [0.2, 0.25) is 0 Å². The lowest BCUT2D eigenvalue weighted by atomic mass is 10.0. The number of ether oxygens (including phenoxy) is 2. The van der Waals surface area contributed by atoms with Crippen LogP contribution in [0, 0.1) is 0 Å². The van der Waals surface area contributed by atoms with Gasteiger partial charge in [0.1, 0.15) is 5.75 Å². The van der Waals surface area contributed by atoms with E-state index < -0.39 is 0 Å². The summed E-state index contributed by atoms with van der Waals surface area (Å²) in [4.78, 5) is 2.44. The molecule has 4 heteroatoms. The molecule has 3 aromatic rings. The van der Waals surface area contributed by atoms with Gasteiger partial charge in [-0.2, -0.15) is 0 Å². The molecule has 3 aromatic carbocycles. The van der Waals surface area contributed by atoms with Gasteiger partial charge in [0.2, 0.25) is 0 Å². The molecule has 1 saturated heterocycles. The van der Waals surface area contributed by atoms with Gasteiger partial charge in [0.15, 0.2) is 0 Å². The molecule has 32 heavy (non-hydrogen) atoms. The lowest BCUT2D eigenvalue weighted by molar-refractivity contribution is 0.0358. The fraction of sp³-hybridized carbons (Fsp3) is 0.357. The van der Waals surface area contributed by atoms with E-state index in [9.17, 15) is 0 Å². The Morgan fingerprint density at radius 3 is 2.19 bits per heavy atom. The fourth-order valence-corrected chi connectivity index (χ4v) is 3.97. The highest BCUT2D eigenvalue weighted by molar-refractivity contribution is 5.64. The Bertz CT molecular complexity index is 904.